The highest BCUT2D eigenvalue weighted by Gasteiger charge is 2.21. The first kappa shape index (κ1) is 12.4. The molecule has 0 amide bonds. The van der Waals surface area contributed by atoms with Crippen molar-refractivity contribution in [2.45, 2.75) is 52.3 Å². The Morgan fingerprint density at radius 1 is 1.17 bits per heavy atom. The lowest BCUT2D eigenvalue weighted by atomic mass is 9.98. The number of hydrogen-bond donors (Lipinski definition) is 1. The maximum Gasteiger partial charge on any atom is 0.0781 e. The van der Waals surface area contributed by atoms with Crippen LogP contribution in [0.3, 0.4) is 0 Å². The Morgan fingerprint density at radius 2 is 1.67 bits per heavy atom. The Balaban J connectivity index is 3.71. The van der Waals surface area contributed by atoms with Crippen LogP contribution in [0.5, 0.6) is 0 Å². The van der Waals surface area contributed by atoms with Crippen molar-refractivity contribution < 1.29 is 5.11 Å². The van der Waals surface area contributed by atoms with E-state index in [1.807, 2.05) is 0 Å². The zero-order valence-corrected chi connectivity index (χ0v) is 9.96. The largest absolute Gasteiger partial charge is 0.386 e. The van der Waals surface area contributed by atoms with Gasteiger partial charge in [-0.15, -0.1) is 9.24 Å². The molecule has 74 valence electrons. The maximum atomic E-state index is 9.90. The van der Waals surface area contributed by atoms with Crippen LogP contribution in [0.1, 0.15) is 47.0 Å². The fraction of sp³-hybridized carbons (Fsp3) is 1.00. The zero-order valence-electron chi connectivity index (χ0n) is 8.80. The molecule has 0 heterocycles. The van der Waals surface area contributed by atoms with Gasteiger partial charge in [-0.05, 0) is 31.1 Å². The molecule has 0 saturated heterocycles. The molecule has 0 aromatic carbocycles. The maximum absolute atomic E-state index is 9.90. The van der Waals surface area contributed by atoms with Crippen LogP contribution in [0.2, 0.25) is 0 Å². The van der Waals surface area contributed by atoms with Crippen molar-refractivity contribution in [1.29, 1.82) is 0 Å². The molecule has 0 aromatic rings. The lowest BCUT2D eigenvalue weighted by molar-refractivity contribution is 0.0959. The van der Waals surface area contributed by atoms with Gasteiger partial charge in [0.15, 0.2) is 0 Å². The molecule has 1 N–H and O–H groups in total. The van der Waals surface area contributed by atoms with E-state index in [-0.39, 0.29) is 0 Å². The predicted octanol–water partition coefficient (Wildman–Crippen LogP) is 3.03. The Morgan fingerprint density at radius 3 is 2.00 bits per heavy atom. The molecular weight excluding hydrogens is 167 g/mol. The molecule has 12 heavy (non-hydrogen) atoms. The highest BCUT2D eigenvalue weighted by Crippen LogP contribution is 2.30. The van der Waals surface area contributed by atoms with Crippen molar-refractivity contribution in [3.8, 4) is 0 Å². The minimum absolute atomic E-state index is 0.529. The molecule has 0 aromatic heterocycles. The first-order valence-corrected chi connectivity index (χ1v) is 5.42. The van der Waals surface area contributed by atoms with Crippen molar-refractivity contribution in [1.82, 2.24) is 0 Å². The molecular formula is C10H23OP. The first-order chi connectivity index (χ1) is 5.33. The van der Waals surface area contributed by atoms with Gasteiger partial charge in [0.25, 0.3) is 0 Å². The van der Waals surface area contributed by atoms with Crippen molar-refractivity contribution in [2.75, 3.05) is 0 Å². The third kappa shape index (κ3) is 7.06. The molecule has 2 atom stereocenters. The Bertz CT molecular complexity index is 119. The SMILES string of the molecule is CC(C)CCC(O)(P)CC(C)C. The van der Waals surface area contributed by atoms with Crippen molar-refractivity contribution in [3.05, 3.63) is 0 Å². The number of hydrogen-bond acceptors (Lipinski definition) is 1. The van der Waals surface area contributed by atoms with Crippen molar-refractivity contribution in [3.63, 3.8) is 0 Å². The van der Waals surface area contributed by atoms with E-state index >= 15 is 0 Å². The quantitative estimate of drug-likeness (QED) is 0.661. The van der Waals surface area contributed by atoms with Gasteiger partial charge >= 0.3 is 0 Å². The van der Waals surface area contributed by atoms with Crippen LogP contribution in [0.15, 0.2) is 0 Å². The second-order valence-corrected chi connectivity index (χ2v) is 5.71. The van der Waals surface area contributed by atoms with Gasteiger partial charge in [-0.1, -0.05) is 27.7 Å². The summed E-state index contributed by atoms with van der Waals surface area (Å²) in [6.45, 7) is 8.67. The molecule has 0 saturated carbocycles. The van der Waals surface area contributed by atoms with E-state index in [1.54, 1.807) is 0 Å². The molecule has 2 heteroatoms. The first-order valence-electron chi connectivity index (χ1n) is 4.85. The molecule has 0 rings (SSSR count). The molecule has 0 bridgehead atoms. The van der Waals surface area contributed by atoms with Crippen molar-refractivity contribution in [2.24, 2.45) is 11.8 Å². The van der Waals surface area contributed by atoms with Crippen LogP contribution in [-0.2, 0) is 0 Å². The summed E-state index contributed by atoms with van der Waals surface area (Å²) in [6, 6.07) is 0. The average molecular weight is 190 g/mol. The van der Waals surface area contributed by atoms with Gasteiger partial charge in [-0.2, -0.15) is 0 Å². The van der Waals surface area contributed by atoms with E-state index in [4.69, 9.17) is 0 Å². The summed E-state index contributed by atoms with van der Waals surface area (Å²) >= 11 is 0. The van der Waals surface area contributed by atoms with Crippen LogP contribution in [0.4, 0.5) is 0 Å². The predicted molar refractivity (Wildman–Crippen MR) is 58.2 cm³/mol. The fourth-order valence-corrected chi connectivity index (χ4v) is 1.99. The minimum atomic E-state index is -0.529. The lowest BCUT2D eigenvalue weighted by Crippen LogP contribution is -2.22. The topological polar surface area (TPSA) is 20.2 Å². The Hall–Kier alpha value is 0.390. The van der Waals surface area contributed by atoms with Gasteiger partial charge < -0.3 is 5.11 Å². The van der Waals surface area contributed by atoms with Crippen molar-refractivity contribution >= 4 is 9.24 Å². The van der Waals surface area contributed by atoms with Gasteiger partial charge in [0.1, 0.15) is 0 Å². The smallest absolute Gasteiger partial charge is 0.0781 e. The van der Waals surface area contributed by atoms with Gasteiger partial charge in [0.05, 0.1) is 5.34 Å². The third-order valence-corrected chi connectivity index (χ3v) is 2.44. The highest BCUT2D eigenvalue weighted by molar-refractivity contribution is 7.18. The van der Waals surface area contributed by atoms with E-state index in [0.29, 0.717) is 11.8 Å². The van der Waals surface area contributed by atoms with Gasteiger partial charge in [-0.25, -0.2) is 0 Å². The molecule has 0 spiro atoms. The summed E-state index contributed by atoms with van der Waals surface area (Å²) < 4.78 is 0. The summed E-state index contributed by atoms with van der Waals surface area (Å²) in [5, 5.41) is 9.37. The molecule has 0 radical (unpaired) electrons. The monoisotopic (exact) mass is 190 g/mol. The number of aliphatic hydroxyl groups is 1. The zero-order chi connectivity index (χ0) is 9.78. The van der Waals surface area contributed by atoms with Gasteiger partial charge in [0.2, 0.25) is 0 Å². The lowest BCUT2D eigenvalue weighted by Gasteiger charge is -2.25. The molecule has 0 fully saturated rings. The van der Waals surface area contributed by atoms with Crippen LogP contribution >= 0.6 is 9.24 Å². The fourth-order valence-electron chi connectivity index (χ4n) is 1.35. The van der Waals surface area contributed by atoms with Gasteiger partial charge in [0, 0.05) is 0 Å². The van der Waals surface area contributed by atoms with Crippen LogP contribution < -0.4 is 0 Å². The molecule has 0 aliphatic carbocycles. The van der Waals surface area contributed by atoms with E-state index in [2.05, 4.69) is 36.9 Å². The standard InChI is InChI=1S/C10H23OP/c1-8(2)5-6-10(11,12)7-9(3)4/h8-9,11H,5-7,12H2,1-4H3. The van der Waals surface area contributed by atoms with E-state index in [9.17, 15) is 5.11 Å². The summed E-state index contributed by atoms with van der Waals surface area (Å²) in [7, 11) is 2.58. The van der Waals surface area contributed by atoms with E-state index in [0.717, 1.165) is 19.3 Å². The average Bonchev–Trinajstić information content (AvgIpc) is 1.81. The minimum Gasteiger partial charge on any atom is -0.386 e. The van der Waals surface area contributed by atoms with Crippen LogP contribution in [-0.4, -0.2) is 10.4 Å². The molecule has 0 aliphatic rings. The Kier molecular flexibility index (Phi) is 5.36. The highest BCUT2D eigenvalue weighted by atomic mass is 31.0. The van der Waals surface area contributed by atoms with Crippen LogP contribution in [0.25, 0.3) is 0 Å². The summed E-state index contributed by atoms with van der Waals surface area (Å²) in [5.41, 5.74) is 0. The van der Waals surface area contributed by atoms with Gasteiger partial charge in [-0.3, -0.25) is 0 Å². The normalized spacial score (nSPS) is 17.0. The third-order valence-electron chi connectivity index (χ3n) is 1.92. The number of rotatable bonds is 5. The Labute approximate surface area is 79.1 Å². The molecule has 1 nitrogen and oxygen atoms in total. The second kappa shape index (κ2) is 5.19. The summed E-state index contributed by atoms with van der Waals surface area (Å²) in [4.78, 5) is 0. The van der Waals surface area contributed by atoms with E-state index in [1.165, 1.54) is 0 Å². The second-order valence-electron chi connectivity index (χ2n) is 4.63. The summed E-state index contributed by atoms with van der Waals surface area (Å²) in [6.07, 6.45) is 2.88. The molecule has 2 unspecified atom stereocenters. The molecule has 0 aliphatic heterocycles. The van der Waals surface area contributed by atoms with E-state index < -0.39 is 5.34 Å². The summed E-state index contributed by atoms with van der Waals surface area (Å²) in [5.74, 6) is 1.25. The van der Waals surface area contributed by atoms with Crippen LogP contribution in [0, 0.1) is 11.8 Å².